The molecule has 9 heteroatoms. The van der Waals surface area contributed by atoms with Crippen LogP contribution in [0.15, 0.2) is 12.4 Å². The topological polar surface area (TPSA) is 43.8 Å². The summed E-state index contributed by atoms with van der Waals surface area (Å²) in [6.07, 6.45) is 3.65. The van der Waals surface area contributed by atoms with Crippen LogP contribution >= 0.6 is 0 Å². The second kappa shape index (κ2) is 5.62. The summed E-state index contributed by atoms with van der Waals surface area (Å²) >= 11 is 0. The van der Waals surface area contributed by atoms with Gasteiger partial charge >= 0.3 is 13.2 Å². The van der Waals surface area contributed by atoms with E-state index >= 15 is 0 Å². The molecule has 0 saturated carbocycles. The summed E-state index contributed by atoms with van der Waals surface area (Å²) in [5.74, 6) is -0.787. The number of rotatable bonds is 2. The summed E-state index contributed by atoms with van der Waals surface area (Å²) in [5, 5.41) is 8.63. The average molecular weight is 243 g/mol. The van der Waals surface area contributed by atoms with Crippen molar-refractivity contribution in [2.75, 3.05) is 13.7 Å². The molecule has 0 fully saturated rings. The van der Waals surface area contributed by atoms with Crippen molar-refractivity contribution in [3.8, 4) is 0 Å². The molecule has 1 unspecified atom stereocenters. The fraction of sp³-hybridized carbons (Fsp3) is 0.571. The number of nitrogens with zero attached hydrogens (tertiary/aromatic N) is 2. The standard InChI is InChI=1S/C7H12N2O2.BF4/c1-6(7(10)11)9-4-3-8(2)5-9;2-1(3,4)5/h3-4,6H,5H2,1-2H3,(H,10,11);/q;-1. The van der Waals surface area contributed by atoms with Crippen LogP contribution in [0.2, 0.25) is 0 Å². The molecule has 0 aromatic rings. The van der Waals surface area contributed by atoms with Crippen LogP contribution in [0.25, 0.3) is 0 Å². The first-order chi connectivity index (χ1) is 7.11. The van der Waals surface area contributed by atoms with Crippen molar-refractivity contribution in [1.82, 2.24) is 9.80 Å². The largest absolute Gasteiger partial charge is 0.673 e. The quantitative estimate of drug-likeness (QED) is 0.588. The van der Waals surface area contributed by atoms with E-state index in [1.54, 1.807) is 18.0 Å². The molecule has 1 N–H and O–H groups in total. The summed E-state index contributed by atoms with van der Waals surface area (Å²) in [7, 11) is -4.09. The van der Waals surface area contributed by atoms with Crippen molar-refractivity contribution in [2.45, 2.75) is 13.0 Å². The smallest absolute Gasteiger partial charge is 0.480 e. The molecule has 1 rings (SSSR count). The fourth-order valence-electron chi connectivity index (χ4n) is 0.945. The van der Waals surface area contributed by atoms with E-state index in [1.165, 1.54) is 0 Å². The van der Waals surface area contributed by atoms with Crippen LogP contribution < -0.4 is 0 Å². The highest BCUT2D eigenvalue weighted by atomic mass is 19.5. The van der Waals surface area contributed by atoms with Crippen LogP contribution in [0.4, 0.5) is 17.3 Å². The molecule has 1 heterocycles. The van der Waals surface area contributed by atoms with Crippen molar-refractivity contribution in [3.63, 3.8) is 0 Å². The predicted molar refractivity (Wildman–Crippen MR) is 50.9 cm³/mol. The van der Waals surface area contributed by atoms with Gasteiger partial charge in [0.25, 0.3) is 0 Å². The molecule has 4 nitrogen and oxygen atoms in total. The van der Waals surface area contributed by atoms with Gasteiger partial charge in [0.2, 0.25) is 0 Å². The Morgan fingerprint density at radius 3 is 2.06 bits per heavy atom. The van der Waals surface area contributed by atoms with Crippen molar-refractivity contribution >= 4 is 13.2 Å². The summed E-state index contributed by atoms with van der Waals surface area (Å²) in [5.41, 5.74) is 0. The minimum Gasteiger partial charge on any atom is -0.480 e. The van der Waals surface area contributed by atoms with Gasteiger partial charge in [-0.1, -0.05) is 0 Å². The Morgan fingerprint density at radius 2 is 1.81 bits per heavy atom. The molecule has 0 radical (unpaired) electrons. The van der Waals surface area contributed by atoms with Gasteiger partial charge in [-0.15, -0.1) is 0 Å². The molecule has 0 bridgehead atoms. The van der Waals surface area contributed by atoms with Crippen molar-refractivity contribution in [1.29, 1.82) is 0 Å². The van der Waals surface area contributed by atoms with Gasteiger partial charge in [0, 0.05) is 19.4 Å². The third-order valence-corrected chi connectivity index (χ3v) is 1.75. The Morgan fingerprint density at radius 1 is 1.38 bits per heavy atom. The summed E-state index contributed by atoms with van der Waals surface area (Å²) < 4.78 is 39.0. The van der Waals surface area contributed by atoms with E-state index < -0.39 is 19.3 Å². The molecule has 1 aliphatic heterocycles. The lowest BCUT2D eigenvalue weighted by atomic mass is 10.3. The van der Waals surface area contributed by atoms with Crippen molar-refractivity contribution in [2.24, 2.45) is 0 Å². The average Bonchev–Trinajstić information content (AvgIpc) is 2.47. The van der Waals surface area contributed by atoms with E-state index in [2.05, 4.69) is 0 Å². The van der Waals surface area contributed by atoms with Crippen LogP contribution in [0.5, 0.6) is 0 Å². The Balaban J connectivity index is 0.000000385. The first-order valence-corrected chi connectivity index (χ1v) is 4.35. The number of hydrogen-bond donors (Lipinski definition) is 1. The zero-order chi connectivity index (χ0) is 12.9. The lowest BCUT2D eigenvalue weighted by Crippen LogP contribution is -2.36. The molecule has 0 saturated heterocycles. The summed E-state index contributed by atoms with van der Waals surface area (Å²) in [6.45, 7) is 2.33. The first kappa shape index (κ1) is 14.6. The van der Waals surface area contributed by atoms with E-state index in [-0.39, 0.29) is 0 Å². The van der Waals surface area contributed by atoms with E-state index in [1.807, 2.05) is 18.1 Å². The Hall–Kier alpha value is -1.41. The molecule has 0 aromatic carbocycles. The zero-order valence-corrected chi connectivity index (χ0v) is 8.78. The highest BCUT2D eigenvalue weighted by molar-refractivity contribution is 6.50. The lowest BCUT2D eigenvalue weighted by Gasteiger charge is -2.21. The van der Waals surface area contributed by atoms with Crippen molar-refractivity contribution in [3.05, 3.63) is 12.4 Å². The van der Waals surface area contributed by atoms with Gasteiger partial charge in [0.1, 0.15) is 6.04 Å². The van der Waals surface area contributed by atoms with E-state index in [0.29, 0.717) is 6.67 Å². The van der Waals surface area contributed by atoms with E-state index in [4.69, 9.17) is 5.11 Å². The fourth-order valence-corrected chi connectivity index (χ4v) is 0.945. The lowest BCUT2D eigenvalue weighted by molar-refractivity contribution is -0.141. The summed E-state index contributed by atoms with van der Waals surface area (Å²) in [6, 6.07) is -0.434. The first-order valence-electron chi connectivity index (χ1n) is 4.35. The molecule has 0 amide bonds. The van der Waals surface area contributed by atoms with Crippen molar-refractivity contribution < 1.29 is 27.2 Å². The molecular weight excluding hydrogens is 231 g/mol. The van der Waals surface area contributed by atoms with Gasteiger partial charge in [-0.25, -0.2) is 4.79 Å². The number of aliphatic carboxylic acids is 1. The maximum Gasteiger partial charge on any atom is 0.673 e. The van der Waals surface area contributed by atoms with E-state index in [9.17, 15) is 22.1 Å². The van der Waals surface area contributed by atoms with Crippen LogP contribution in [0, 0.1) is 0 Å². The second-order valence-electron chi connectivity index (χ2n) is 3.22. The minimum absolute atomic E-state index is 0.434. The molecule has 16 heavy (non-hydrogen) atoms. The maximum absolute atomic E-state index is 10.5. The number of carboxylic acids is 1. The van der Waals surface area contributed by atoms with Crippen LogP contribution in [-0.2, 0) is 4.79 Å². The summed E-state index contributed by atoms with van der Waals surface area (Å²) in [4.78, 5) is 14.2. The number of carbonyl (C=O) groups is 1. The van der Waals surface area contributed by atoms with Gasteiger partial charge in [0.05, 0.1) is 6.67 Å². The van der Waals surface area contributed by atoms with Gasteiger partial charge in [-0.05, 0) is 6.92 Å². The Labute approximate surface area is 90.2 Å². The molecule has 1 atom stereocenters. The molecule has 0 aromatic heterocycles. The SMILES string of the molecule is CC(C(=O)O)N1C=CN(C)C1.F[B-](F)(F)F. The highest BCUT2D eigenvalue weighted by Crippen LogP contribution is 2.08. The normalized spacial score (nSPS) is 16.9. The van der Waals surface area contributed by atoms with Gasteiger partial charge in [-0.3, -0.25) is 0 Å². The monoisotopic (exact) mass is 243 g/mol. The Kier molecular flexibility index (Phi) is 5.12. The van der Waals surface area contributed by atoms with Crippen LogP contribution in [0.1, 0.15) is 6.92 Å². The molecule has 0 spiro atoms. The molecule has 1 aliphatic rings. The second-order valence-corrected chi connectivity index (χ2v) is 3.22. The number of hydrogen-bond acceptors (Lipinski definition) is 3. The van der Waals surface area contributed by atoms with Crippen LogP contribution in [0.3, 0.4) is 0 Å². The maximum atomic E-state index is 10.5. The molecule has 0 aliphatic carbocycles. The van der Waals surface area contributed by atoms with Gasteiger partial charge < -0.3 is 32.2 Å². The number of halogens is 4. The highest BCUT2D eigenvalue weighted by Gasteiger charge is 2.21. The van der Waals surface area contributed by atoms with Gasteiger partial charge in [-0.2, -0.15) is 0 Å². The zero-order valence-electron chi connectivity index (χ0n) is 8.78. The molecule has 94 valence electrons. The third kappa shape index (κ3) is 6.96. The third-order valence-electron chi connectivity index (χ3n) is 1.75. The minimum atomic E-state index is -6.00. The Bertz CT molecular complexity index is 266. The molecular formula is C7H12BF4N2O2-. The van der Waals surface area contributed by atoms with Gasteiger partial charge in [0.15, 0.2) is 0 Å². The van der Waals surface area contributed by atoms with E-state index in [0.717, 1.165) is 0 Å². The predicted octanol–water partition coefficient (Wildman–Crippen LogP) is 1.44. The van der Waals surface area contributed by atoms with Crippen LogP contribution in [-0.4, -0.2) is 47.9 Å². The number of carboxylic acid groups (broad SMARTS) is 1.